The zero-order valence-electron chi connectivity index (χ0n) is 18.5. The van der Waals surface area contributed by atoms with Crippen molar-refractivity contribution < 1.29 is 9.59 Å². The van der Waals surface area contributed by atoms with E-state index in [2.05, 4.69) is 55.2 Å². The lowest BCUT2D eigenvalue weighted by atomic mass is 10.1. The number of carbonyl (C=O) groups is 2. The maximum Gasteiger partial charge on any atom is 0.269 e. The van der Waals surface area contributed by atoms with Gasteiger partial charge in [0.25, 0.3) is 5.91 Å². The van der Waals surface area contributed by atoms with Gasteiger partial charge in [0.05, 0.1) is 24.8 Å². The molecule has 2 heterocycles. The summed E-state index contributed by atoms with van der Waals surface area (Å²) in [4.78, 5) is 36.2. The molecule has 0 bridgehead atoms. The Kier molecular flexibility index (Phi) is 7.81. The van der Waals surface area contributed by atoms with Gasteiger partial charge < -0.3 is 20.9 Å². The van der Waals surface area contributed by atoms with Gasteiger partial charge in [-0.05, 0) is 49.9 Å². The standard InChI is InChI=1S/C25H30N6O2/c32-24(29-15-19-10-4-6-12-27-19)21(31-25(33)23-16-26-17-30-23)11-5-7-13-28-22-14-20(22)18-8-2-1-3-9-18/h1-4,6,8-10,12,16-17,20-22,28H,5,7,11,13-15H2,(H,26,30)(H,29,32)(H,31,33). The highest BCUT2D eigenvalue weighted by molar-refractivity contribution is 5.95. The van der Waals surface area contributed by atoms with Crippen LogP contribution in [0.4, 0.5) is 0 Å². The third-order valence-corrected chi connectivity index (χ3v) is 5.88. The molecule has 8 heteroatoms. The van der Waals surface area contributed by atoms with Crippen LogP contribution in [0, 0.1) is 0 Å². The summed E-state index contributed by atoms with van der Waals surface area (Å²) in [6.45, 7) is 1.21. The number of unbranched alkanes of at least 4 members (excludes halogenated alkanes) is 1. The van der Waals surface area contributed by atoms with Crippen molar-refractivity contribution in [2.75, 3.05) is 6.54 Å². The predicted molar refractivity (Wildman–Crippen MR) is 125 cm³/mol. The number of H-pyrrole nitrogens is 1. The number of imidazole rings is 1. The molecule has 4 N–H and O–H groups in total. The van der Waals surface area contributed by atoms with E-state index in [9.17, 15) is 9.59 Å². The first-order chi connectivity index (χ1) is 16.2. The number of benzene rings is 1. The van der Waals surface area contributed by atoms with Crippen LogP contribution < -0.4 is 16.0 Å². The molecule has 0 saturated heterocycles. The zero-order valence-corrected chi connectivity index (χ0v) is 18.5. The Labute approximate surface area is 193 Å². The number of nitrogens with zero attached hydrogens (tertiary/aromatic N) is 2. The molecule has 3 aromatic rings. The van der Waals surface area contributed by atoms with Crippen LogP contribution in [0.15, 0.2) is 67.3 Å². The van der Waals surface area contributed by atoms with E-state index in [1.165, 1.54) is 24.5 Å². The molecular weight excluding hydrogens is 416 g/mol. The first-order valence-corrected chi connectivity index (χ1v) is 11.5. The average Bonchev–Trinajstić information content (AvgIpc) is 3.41. The van der Waals surface area contributed by atoms with E-state index in [0.29, 0.717) is 30.6 Å². The maximum absolute atomic E-state index is 12.8. The molecule has 2 aromatic heterocycles. The van der Waals surface area contributed by atoms with Gasteiger partial charge in [-0.1, -0.05) is 36.4 Å². The quantitative estimate of drug-likeness (QED) is 0.320. The average molecular weight is 447 g/mol. The molecular formula is C25H30N6O2. The SMILES string of the molecule is O=C(NC(CCCCNC1CC1c1ccccc1)C(=O)NCc1ccccn1)c1cnc[nH]1. The zero-order chi connectivity index (χ0) is 22.9. The van der Waals surface area contributed by atoms with Crippen molar-refractivity contribution in [2.45, 2.75) is 50.2 Å². The maximum atomic E-state index is 12.8. The minimum Gasteiger partial charge on any atom is -0.349 e. The summed E-state index contributed by atoms with van der Waals surface area (Å²) in [6, 6.07) is 16.0. The second-order valence-electron chi connectivity index (χ2n) is 8.34. The second kappa shape index (κ2) is 11.4. The van der Waals surface area contributed by atoms with Crippen molar-refractivity contribution in [3.63, 3.8) is 0 Å². The summed E-state index contributed by atoms with van der Waals surface area (Å²) in [7, 11) is 0. The second-order valence-corrected chi connectivity index (χ2v) is 8.34. The van der Waals surface area contributed by atoms with E-state index < -0.39 is 6.04 Å². The van der Waals surface area contributed by atoms with Crippen molar-refractivity contribution in [2.24, 2.45) is 0 Å². The number of pyridine rings is 1. The van der Waals surface area contributed by atoms with E-state index in [4.69, 9.17) is 0 Å². The number of hydrogen-bond acceptors (Lipinski definition) is 5. The molecule has 0 spiro atoms. The number of aromatic amines is 1. The van der Waals surface area contributed by atoms with Crippen LogP contribution in [0.3, 0.4) is 0 Å². The summed E-state index contributed by atoms with van der Waals surface area (Å²) in [5, 5.41) is 9.33. The normalized spacial score (nSPS) is 17.8. The summed E-state index contributed by atoms with van der Waals surface area (Å²) < 4.78 is 0. The van der Waals surface area contributed by atoms with Crippen LogP contribution in [0.1, 0.15) is 53.3 Å². The van der Waals surface area contributed by atoms with Crippen LogP contribution >= 0.6 is 0 Å². The summed E-state index contributed by atoms with van der Waals surface area (Å²) in [6.07, 6.45) is 8.06. The Morgan fingerprint density at radius 3 is 2.70 bits per heavy atom. The molecule has 4 rings (SSSR count). The monoisotopic (exact) mass is 446 g/mol. The highest BCUT2D eigenvalue weighted by Crippen LogP contribution is 2.40. The van der Waals surface area contributed by atoms with E-state index in [-0.39, 0.29) is 11.8 Å². The lowest BCUT2D eigenvalue weighted by Crippen LogP contribution is -2.46. The highest BCUT2D eigenvalue weighted by Gasteiger charge is 2.37. The van der Waals surface area contributed by atoms with E-state index in [0.717, 1.165) is 25.1 Å². The van der Waals surface area contributed by atoms with Crippen LogP contribution in [-0.2, 0) is 11.3 Å². The number of rotatable bonds is 12. The van der Waals surface area contributed by atoms with Gasteiger partial charge in [0, 0.05) is 18.2 Å². The largest absolute Gasteiger partial charge is 0.349 e. The Balaban J connectivity index is 1.22. The van der Waals surface area contributed by atoms with Gasteiger partial charge in [-0.2, -0.15) is 0 Å². The number of amides is 2. The fourth-order valence-corrected chi connectivity index (χ4v) is 3.94. The summed E-state index contributed by atoms with van der Waals surface area (Å²) >= 11 is 0. The van der Waals surface area contributed by atoms with Crippen molar-refractivity contribution in [3.05, 3.63) is 84.2 Å². The lowest BCUT2D eigenvalue weighted by molar-refractivity contribution is -0.123. The Morgan fingerprint density at radius 1 is 1.09 bits per heavy atom. The third-order valence-electron chi connectivity index (χ3n) is 5.88. The van der Waals surface area contributed by atoms with Crippen LogP contribution in [-0.4, -0.2) is 45.4 Å². The minimum absolute atomic E-state index is 0.215. The molecule has 1 aliphatic rings. The van der Waals surface area contributed by atoms with Crippen molar-refractivity contribution >= 4 is 11.8 Å². The minimum atomic E-state index is -0.623. The first-order valence-electron chi connectivity index (χ1n) is 11.5. The first kappa shape index (κ1) is 22.7. The van der Waals surface area contributed by atoms with Gasteiger partial charge in [-0.15, -0.1) is 0 Å². The summed E-state index contributed by atoms with van der Waals surface area (Å²) in [5.41, 5.74) is 2.49. The third kappa shape index (κ3) is 6.73. The summed E-state index contributed by atoms with van der Waals surface area (Å²) in [5.74, 6) is 0.0464. The molecule has 2 amide bonds. The molecule has 0 aliphatic heterocycles. The van der Waals surface area contributed by atoms with Gasteiger partial charge in [0.2, 0.25) is 5.91 Å². The van der Waals surface area contributed by atoms with Gasteiger partial charge in [0.15, 0.2) is 0 Å². The van der Waals surface area contributed by atoms with Gasteiger partial charge in [-0.25, -0.2) is 4.98 Å². The smallest absolute Gasteiger partial charge is 0.269 e. The van der Waals surface area contributed by atoms with E-state index in [1.807, 2.05) is 24.3 Å². The van der Waals surface area contributed by atoms with Gasteiger partial charge in [0.1, 0.15) is 11.7 Å². The van der Waals surface area contributed by atoms with Gasteiger partial charge >= 0.3 is 0 Å². The molecule has 3 unspecified atom stereocenters. The lowest BCUT2D eigenvalue weighted by Gasteiger charge is -2.18. The van der Waals surface area contributed by atoms with Crippen molar-refractivity contribution in [1.29, 1.82) is 0 Å². The Morgan fingerprint density at radius 2 is 1.94 bits per heavy atom. The molecule has 1 aromatic carbocycles. The number of carbonyl (C=O) groups excluding carboxylic acids is 2. The molecule has 0 radical (unpaired) electrons. The topological polar surface area (TPSA) is 112 Å². The molecule has 33 heavy (non-hydrogen) atoms. The van der Waals surface area contributed by atoms with Crippen LogP contribution in [0.25, 0.3) is 0 Å². The number of hydrogen-bond donors (Lipinski definition) is 4. The molecule has 1 saturated carbocycles. The molecule has 172 valence electrons. The Hall–Kier alpha value is -3.52. The molecule has 3 atom stereocenters. The molecule has 1 aliphatic carbocycles. The Bertz CT molecular complexity index is 1010. The van der Waals surface area contributed by atoms with Gasteiger partial charge in [-0.3, -0.25) is 14.6 Å². The number of nitrogens with one attached hydrogen (secondary N) is 4. The van der Waals surface area contributed by atoms with Crippen molar-refractivity contribution in [3.8, 4) is 0 Å². The van der Waals surface area contributed by atoms with E-state index >= 15 is 0 Å². The molecule has 1 fully saturated rings. The van der Waals surface area contributed by atoms with Crippen LogP contribution in [0.5, 0.6) is 0 Å². The van der Waals surface area contributed by atoms with Crippen LogP contribution in [0.2, 0.25) is 0 Å². The van der Waals surface area contributed by atoms with Crippen molar-refractivity contribution in [1.82, 2.24) is 30.9 Å². The highest BCUT2D eigenvalue weighted by atomic mass is 16.2. The number of aromatic nitrogens is 3. The van der Waals surface area contributed by atoms with E-state index in [1.54, 1.807) is 6.20 Å². The molecule has 8 nitrogen and oxygen atoms in total. The fraction of sp³-hybridized carbons (Fsp3) is 0.360. The predicted octanol–water partition coefficient (Wildman–Crippen LogP) is 2.54. The fourth-order valence-electron chi connectivity index (χ4n) is 3.94.